The van der Waals surface area contributed by atoms with Crippen molar-refractivity contribution in [2.75, 3.05) is 0 Å². The van der Waals surface area contributed by atoms with Gasteiger partial charge in [-0.1, -0.05) is 231 Å². The van der Waals surface area contributed by atoms with E-state index in [4.69, 9.17) is 0 Å². The van der Waals surface area contributed by atoms with E-state index in [9.17, 15) is 0 Å². The number of hydrogen-bond donors (Lipinski definition) is 0. The predicted octanol–water partition coefficient (Wildman–Crippen LogP) is 18.2. The Kier molecular flexibility index (Phi) is 8.21. The molecule has 66 heavy (non-hydrogen) atoms. The van der Waals surface area contributed by atoms with E-state index in [1.165, 1.54) is 143 Å². The lowest BCUT2D eigenvalue weighted by atomic mass is 9.80. The summed E-state index contributed by atoms with van der Waals surface area (Å²) in [5.74, 6) is 0. The summed E-state index contributed by atoms with van der Waals surface area (Å²) in [7, 11) is 0. The maximum atomic E-state index is 2.43. The second kappa shape index (κ2) is 14.6. The van der Waals surface area contributed by atoms with Gasteiger partial charge in [0.2, 0.25) is 0 Å². The number of benzene rings is 12. The van der Waals surface area contributed by atoms with Crippen LogP contribution in [0.2, 0.25) is 0 Å². The first-order chi connectivity index (χ1) is 32.7. The van der Waals surface area contributed by atoms with Gasteiger partial charge in [0, 0.05) is 0 Å². The Morgan fingerprint density at radius 1 is 0.273 bits per heavy atom. The Morgan fingerprint density at radius 3 is 1.27 bits per heavy atom. The highest BCUT2D eigenvalue weighted by Gasteiger charge is 2.21. The van der Waals surface area contributed by atoms with Crippen LogP contribution in [0.1, 0.15) is 23.1 Å². The minimum absolute atomic E-state index is 1.02. The normalized spacial score (nSPS) is 13.1. The zero-order valence-corrected chi connectivity index (χ0v) is 36.4. The van der Waals surface area contributed by atoms with Crippen molar-refractivity contribution in [1.29, 1.82) is 0 Å². The Morgan fingerprint density at radius 2 is 0.712 bits per heavy atom. The first-order valence-electron chi connectivity index (χ1n) is 23.3. The average Bonchev–Trinajstić information content (AvgIpc) is 3.39. The highest BCUT2D eigenvalue weighted by Crippen LogP contribution is 2.45. The van der Waals surface area contributed by atoms with Crippen molar-refractivity contribution in [3.63, 3.8) is 0 Å². The molecule has 0 atom stereocenters. The van der Waals surface area contributed by atoms with Gasteiger partial charge in [0.25, 0.3) is 0 Å². The molecular weight excluding hydrogens is 793 g/mol. The monoisotopic (exact) mass is 834 g/mol. The largest absolute Gasteiger partial charge is 0.0795 e. The van der Waals surface area contributed by atoms with Crippen molar-refractivity contribution in [1.82, 2.24) is 0 Å². The Hall–Kier alpha value is -8.32. The molecule has 0 N–H and O–H groups in total. The molecule has 14 rings (SSSR count). The fraction of sp³-hybridized carbons (Fsp3) is 0.0303. The summed E-state index contributed by atoms with van der Waals surface area (Å²) in [6.45, 7) is 0. The van der Waals surface area contributed by atoms with Crippen molar-refractivity contribution in [2.24, 2.45) is 0 Å². The third kappa shape index (κ3) is 5.78. The fourth-order valence-electron chi connectivity index (χ4n) is 11.4. The van der Waals surface area contributed by atoms with Crippen LogP contribution in [-0.4, -0.2) is 0 Å². The first kappa shape index (κ1) is 37.1. The van der Waals surface area contributed by atoms with Crippen LogP contribution < -0.4 is 0 Å². The Bertz CT molecular complexity index is 3970. The minimum Gasteiger partial charge on any atom is -0.0795 e. The van der Waals surface area contributed by atoms with Gasteiger partial charge in [-0.3, -0.25) is 0 Å². The van der Waals surface area contributed by atoms with Gasteiger partial charge in [0.1, 0.15) is 0 Å². The van der Waals surface area contributed by atoms with E-state index in [0.29, 0.717) is 0 Å². The standard InChI is InChI=1S/C66H42/c1-2-9-55-45(5-1)6-4-10-56(55)46-23-25-49(26-24-46)59-37-31-54-33-39-61-58(36-30-53-34-40-62(59)66(54)65(53)61)48-21-17-44(18-22-48)42-13-11-41(12-14-42)43-15-19-47(20-16-43)57-35-29-52-28-27-50-7-3-8-51-32-38-60(57)64(52)63(50)51/h1-6,8-27,29-40H,7,28H2. The summed E-state index contributed by atoms with van der Waals surface area (Å²) in [5.41, 5.74) is 20.7. The van der Waals surface area contributed by atoms with E-state index in [-0.39, 0.29) is 0 Å². The van der Waals surface area contributed by atoms with Crippen molar-refractivity contribution in [3.8, 4) is 66.8 Å². The van der Waals surface area contributed by atoms with Crippen molar-refractivity contribution >= 4 is 65.5 Å². The second-order valence-electron chi connectivity index (χ2n) is 18.2. The average molecular weight is 835 g/mol. The molecule has 0 saturated carbocycles. The van der Waals surface area contributed by atoms with E-state index < -0.39 is 0 Å². The highest BCUT2D eigenvalue weighted by atomic mass is 14.3. The molecule has 12 aromatic rings. The van der Waals surface area contributed by atoms with Crippen LogP contribution in [0.5, 0.6) is 0 Å². The zero-order chi connectivity index (χ0) is 43.3. The molecule has 12 aromatic carbocycles. The Labute approximate surface area is 384 Å². The van der Waals surface area contributed by atoms with Gasteiger partial charge >= 0.3 is 0 Å². The summed E-state index contributed by atoms with van der Waals surface area (Å²) < 4.78 is 0. The van der Waals surface area contributed by atoms with Gasteiger partial charge in [-0.05, 0) is 156 Å². The van der Waals surface area contributed by atoms with Crippen LogP contribution in [0.15, 0.2) is 224 Å². The molecule has 2 aliphatic carbocycles. The van der Waals surface area contributed by atoms with E-state index in [0.717, 1.165) is 12.8 Å². The summed E-state index contributed by atoms with van der Waals surface area (Å²) in [5, 5.41) is 13.2. The quantitative estimate of drug-likeness (QED) is 0.146. The third-order valence-electron chi connectivity index (χ3n) is 14.7. The summed E-state index contributed by atoms with van der Waals surface area (Å²) in [6, 6.07) is 79.4. The lowest BCUT2D eigenvalue weighted by Gasteiger charge is -2.24. The van der Waals surface area contributed by atoms with Crippen LogP contribution in [0, 0.1) is 0 Å². The lowest BCUT2D eigenvalue weighted by molar-refractivity contribution is 1.23. The van der Waals surface area contributed by atoms with Gasteiger partial charge in [-0.25, -0.2) is 0 Å². The fourth-order valence-corrected chi connectivity index (χ4v) is 11.4. The van der Waals surface area contributed by atoms with Crippen LogP contribution in [0.4, 0.5) is 0 Å². The zero-order valence-electron chi connectivity index (χ0n) is 36.4. The minimum atomic E-state index is 1.02. The molecule has 0 spiro atoms. The third-order valence-corrected chi connectivity index (χ3v) is 14.7. The molecule has 0 aliphatic heterocycles. The lowest BCUT2D eigenvalue weighted by Crippen LogP contribution is -2.03. The molecule has 0 fully saturated rings. The molecule has 0 nitrogen and oxygen atoms in total. The molecule has 0 aromatic heterocycles. The molecule has 0 unspecified atom stereocenters. The van der Waals surface area contributed by atoms with E-state index in [2.05, 4.69) is 231 Å². The molecule has 0 radical (unpaired) electrons. The second-order valence-corrected chi connectivity index (χ2v) is 18.2. The number of hydrogen-bond acceptors (Lipinski definition) is 0. The predicted molar refractivity (Wildman–Crippen MR) is 283 cm³/mol. The van der Waals surface area contributed by atoms with Crippen LogP contribution in [0.3, 0.4) is 0 Å². The summed E-state index contributed by atoms with van der Waals surface area (Å²) in [4.78, 5) is 0. The first-order valence-corrected chi connectivity index (χ1v) is 23.3. The van der Waals surface area contributed by atoms with Crippen LogP contribution in [0.25, 0.3) is 132 Å². The highest BCUT2D eigenvalue weighted by molar-refractivity contribution is 6.27. The molecule has 2 aliphatic rings. The molecule has 306 valence electrons. The Balaban J connectivity index is 0.745. The number of allylic oxidation sites excluding steroid dienone is 3. The molecule has 0 heteroatoms. The molecular formula is C66H42. The molecule has 0 saturated heterocycles. The maximum absolute atomic E-state index is 2.43. The molecule has 0 bridgehead atoms. The van der Waals surface area contributed by atoms with Crippen molar-refractivity contribution < 1.29 is 0 Å². The topological polar surface area (TPSA) is 0 Å². The van der Waals surface area contributed by atoms with Gasteiger partial charge < -0.3 is 0 Å². The number of rotatable bonds is 6. The van der Waals surface area contributed by atoms with Gasteiger partial charge in [0.05, 0.1) is 0 Å². The SMILES string of the molecule is C1=Cc2ccc3c(-c4ccc(-c5ccc(-c6ccc(-c7ccc8ccc9c(-c%10ccc(-c%11cccc%12ccccc%11%12)cc%10)ccc%10ccc7c8c%109)cc6)cc5)cc4)ccc4c3c2C(=CC4)C1. The van der Waals surface area contributed by atoms with Crippen LogP contribution in [-0.2, 0) is 6.42 Å². The van der Waals surface area contributed by atoms with E-state index in [1.807, 2.05) is 0 Å². The van der Waals surface area contributed by atoms with Crippen LogP contribution >= 0.6 is 0 Å². The van der Waals surface area contributed by atoms with Crippen molar-refractivity contribution in [2.45, 2.75) is 12.8 Å². The van der Waals surface area contributed by atoms with Gasteiger partial charge in [-0.15, -0.1) is 0 Å². The van der Waals surface area contributed by atoms with Crippen molar-refractivity contribution in [3.05, 3.63) is 241 Å². The molecule has 0 amide bonds. The van der Waals surface area contributed by atoms with Gasteiger partial charge in [-0.2, -0.15) is 0 Å². The smallest absolute Gasteiger partial charge is 0.00203 e. The summed E-state index contributed by atoms with van der Waals surface area (Å²) >= 11 is 0. The van der Waals surface area contributed by atoms with E-state index >= 15 is 0 Å². The summed E-state index contributed by atoms with van der Waals surface area (Å²) in [6.07, 6.45) is 9.07. The van der Waals surface area contributed by atoms with Gasteiger partial charge in [0.15, 0.2) is 0 Å². The maximum Gasteiger partial charge on any atom is -0.00203 e. The van der Waals surface area contributed by atoms with E-state index in [1.54, 1.807) is 0 Å². The number of fused-ring (bicyclic) bond motifs is 1. The molecule has 0 heterocycles.